The lowest BCUT2D eigenvalue weighted by Gasteiger charge is -2.56. The van der Waals surface area contributed by atoms with Crippen LogP contribution in [0.4, 0.5) is 23.5 Å². The molecule has 0 aliphatic carbocycles. The Bertz CT molecular complexity index is 1210. The fraction of sp³-hybridized carbons (Fsp3) is 0.333. The number of hydrogen-bond donors (Lipinski definition) is 1. The van der Waals surface area contributed by atoms with Crippen molar-refractivity contribution in [2.24, 2.45) is 0 Å². The molecular weight excluding hydrogens is 408 g/mol. The number of halogens is 4. The summed E-state index contributed by atoms with van der Waals surface area (Å²) in [5.41, 5.74) is -0.507. The molecule has 0 spiro atoms. The first-order valence-electron chi connectivity index (χ1n) is 9.12. The third kappa shape index (κ3) is 2.74. The molecule has 0 radical (unpaired) electrons. The van der Waals surface area contributed by atoms with E-state index in [0.717, 1.165) is 15.6 Å². The number of piperazine rings is 1. The zero-order chi connectivity index (χ0) is 21.2. The number of piperidine rings is 1. The van der Waals surface area contributed by atoms with Crippen LogP contribution in [0.5, 0.6) is 0 Å². The van der Waals surface area contributed by atoms with Crippen molar-refractivity contribution in [2.45, 2.75) is 24.9 Å². The van der Waals surface area contributed by atoms with E-state index in [2.05, 4.69) is 15.1 Å². The van der Waals surface area contributed by atoms with Crippen LogP contribution in [0.1, 0.15) is 6.42 Å². The number of nitrogens with zero attached hydrogens (tertiary/aromatic N) is 5. The van der Waals surface area contributed by atoms with Gasteiger partial charge in [0.2, 0.25) is 5.95 Å². The van der Waals surface area contributed by atoms with Crippen LogP contribution in [0.2, 0.25) is 0 Å². The highest BCUT2D eigenvalue weighted by Crippen LogP contribution is 2.35. The number of carbonyl (C=O) groups excluding carboxylic acids is 1. The summed E-state index contributed by atoms with van der Waals surface area (Å²) in [6.45, 7) is 0.181. The predicted molar refractivity (Wildman–Crippen MR) is 96.7 cm³/mol. The highest BCUT2D eigenvalue weighted by molar-refractivity contribution is 5.80. The fourth-order valence-electron chi connectivity index (χ4n) is 4.13. The van der Waals surface area contributed by atoms with Gasteiger partial charge < -0.3 is 9.80 Å². The molecule has 156 valence electrons. The number of hydrogen-bond acceptors (Lipinski definition) is 5. The first-order chi connectivity index (χ1) is 14.3. The minimum Gasteiger partial charge on any atom is -0.334 e. The third-order valence-electron chi connectivity index (χ3n) is 5.50. The molecule has 3 aliphatic rings. The van der Waals surface area contributed by atoms with Crippen LogP contribution in [0.25, 0.3) is 16.7 Å². The van der Waals surface area contributed by atoms with Gasteiger partial charge in [0.15, 0.2) is 11.5 Å². The molecule has 3 saturated heterocycles. The number of amides is 1. The van der Waals surface area contributed by atoms with E-state index in [1.807, 2.05) is 0 Å². The molecule has 5 heterocycles. The second-order valence-electron chi connectivity index (χ2n) is 7.27. The van der Waals surface area contributed by atoms with Crippen molar-refractivity contribution in [1.82, 2.24) is 24.6 Å². The van der Waals surface area contributed by atoms with Crippen LogP contribution >= 0.6 is 0 Å². The van der Waals surface area contributed by atoms with E-state index in [-0.39, 0.29) is 47.8 Å². The lowest BCUT2D eigenvalue weighted by molar-refractivity contribution is -0.146. The van der Waals surface area contributed by atoms with Crippen molar-refractivity contribution >= 4 is 22.9 Å². The van der Waals surface area contributed by atoms with Gasteiger partial charge in [0, 0.05) is 19.2 Å². The normalized spacial score (nSPS) is 20.7. The Hall–Kier alpha value is -3.44. The SMILES string of the molecule is O=C(C(F)F)N1CC2CC(C1)N2c1nc2c(cnn2-c2ccc(F)cc2F)c(=O)[nH]1. The molecule has 12 heteroatoms. The van der Waals surface area contributed by atoms with Crippen LogP contribution in [0.3, 0.4) is 0 Å². The number of H-pyrrole nitrogens is 1. The summed E-state index contributed by atoms with van der Waals surface area (Å²) >= 11 is 0. The monoisotopic (exact) mass is 422 g/mol. The van der Waals surface area contributed by atoms with Crippen molar-refractivity contribution in [1.29, 1.82) is 0 Å². The van der Waals surface area contributed by atoms with Gasteiger partial charge in [-0.3, -0.25) is 14.6 Å². The van der Waals surface area contributed by atoms with E-state index in [4.69, 9.17) is 0 Å². The maximum absolute atomic E-state index is 14.2. The molecule has 6 rings (SSSR count). The topological polar surface area (TPSA) is 87.1 Å². The van der Waals surface area contributed by atoms with Crippen LogP contribution in [0, 0.1) is 11.6 Å². The number of nitrogens with one attached hydrogen (secondary N) is 1. The fourth-order valence-corrected chi connectivity index (χ4v) is 4.13. The van der Waals surface area contributed by atoms with Crippen molar-refractivity contribution in [3.8, 4) is 5.69 Å². The quantitative estimate of drug-likeness (QED) is 0.646. The molecule has 1 N–H and O–H groups in total. The number of anilines is 1. The van der Waals surface area contributed by atoms with Gasteiger partial charge in [-0.05, 0) is 18.6 Å². The van der Waals surface area contributed by atoms with Crippen LogP contribution in [0.15, 0.2) is 29.2 Å². The maximum atomic E-state index is 14.2. The minimum atomic E-state index is -3.06. The summed E-state index contributed by atoms with van der Waals surface area (Å²) in [7, 11) is 0. The molecular formula is C18H14F4N6O2. The molecule has 1 amide bonds. The Morgan fingerprint density at radius 3 is 2.60 bits per heavy atom. The number of benzene rings is 1. The van der Waals surface area contributed by atoms with Crippen molar-refractivity contribution < 1.29 is 22.4 Å². The number of aromatic amines is 1. The van der Waals surface area contributed by atoms with Gasteiger partial charge in [0.1, 0.15) is 16.9 Å². The first kappa shape index (κ1) is 18.6. The molecule has 2 atom stereocenters. The molecule has 1 aromatic carbocycles. The van der Waals surface area contributed by atoms with E-state index in [1.54, 1.807) is 4.90 Å². The molecule has 3 aromatic rings. The molecule has 3 aliphatic heterocycles. The van der Waals surface area contributed by atoms with Crippen molar-refractivity contribution in [2.75, 3.05) is 18.0 Å². The highest BCUT2D eigenvalue weighted by Gasteiger charge is 2.48. The first-order valence-corrected chi connectivity index (χ1v) is 9.12. The number of fused-ring (bicyclic) bond motifs is 3. The summed E-state index contributed by atoms with van der Waals surface area (Å²) in [4.78, 5) is 34.0. The molecule has 0 saturated carbocycles. The van der Waals surface area contributed by atoms with E-state index >= 15 is 0 Å². The van der Waals surface area contributed by atoms with Crippen LogP contribution in [-0.2, 0) is 4.79 Å². The summed E-state index contributed by atoms with van der Waals surface area (Å²) in [6.07, 6.45) is -1.17. The second kappa shape index (κ2) is 6.54. The number of rotatable bonds is 3. The summed E-state index contributed by atoms with van der Waals surface area (Å²) in [5, 5.41) is 4.12. The minimum absolute atomic E-state index is 0.0738. The van der Waals surface area contributed by atoms with Crippen molar-refractivity contribution in [3.63, 3.8) is 0 Å². The van der Waals surface area contributed by atoms with Gasteiger partial charge in [0.05, 0.1) is 18.3 Å². The van der Waals surface area contributed by atoms with Crippen LogP contribution < -0.4 is 10.5 Å². The molecule has 2 unspecified atom stereocenters. The molecule has 30 heavy (non-hydrogen) atoms. The van der Waals surface area contributed by atoms with Gasteiger partial charge >= 0.3 is 6.43 Å². The summed E-state index contributed by atoms with van der Waals surface area (Å²) in [6, 6.07) is 2.41. The highest BCUT2D eigenvalue weighted by atomic mass is 19.3. The smallest absolute Gasteiger partial charge is 0.315 e. The van der Waals surface area contributed by atoms with Crippen molar-refractivity contribution in [3.05, 3.63) is 46.4 Å². The van der Waals surface area contributed by atoms with Gasteiger partial charge in [-0.25, -0.2) is 13.5 Å². The predicted octanol–water partition coefficient (Wildman–Crippen LogP) is 1.44. The lowest BCUT2D eigenvalue weighted by atomic mass is 9.88. The van der Waals surface area contributed by atoms with Crippen LogP contribution in [-0.4, -0.2) is 62.2 Å². The maximum Gasteiger partial charge on any atom is 0.315 e. The standard InChI is InChI=1S/C18H14F4N6O2/c19-8-1-2-13(12(20)3-8)28-15-11(5-23-28)16(29)25-18(24-15)27-9-4-10(27)7-26(6-9)17(30)14(21)22/h1-3,5,9-10,14H,4,6-7H2,(H,24,25,29). The second-order valence-corrected chi connectivity index (χ2v) is 7.27. The third-order valence-corrected chi connectivity index (χ3v) is 5.50. The molecule has 8 nitrogen and oxygen atoms in total. The van der Waals surface area contributed by atoms with Gasteiger partial charge in [0.25, 0.3) is 11.5 Å². The zero-order valence-corrected chi connectivity index (χ0v) is 15.2. The Balaban J connectivity index is 1.52. The van der Waals surface area contributed by atoms with Gasteiger partial charge in [-0.1, -0.05) is 0 Å². The average Bonchev–Trinajstić information content (AvgIpc) is 3.11. The van der Waals surface area contributed by atoms with E-state index in [0.29, 0.717) is 12.5 Å². The van der Waals surface area contributed by atoms with Gasteiger partial charge in [-0.15, -0.1) is 0 Å². The Morgan fingerprint density at radius 1 is 1.20 bits per heavy atom. The van der Waals surface area contributed by atoms with E-state index in [1.165, 1.54) is 12.3 Å². The molecule has 3 fully saturated rings. The number of alkyl halides is 2. The largest absolute Gasteiger partial charge is 0.334 e. The lowest BCUT2D eigenvalue weighted by Crippen LogP contribution is -2.70. The Morgan fingerprint density at radius 2 is 1.93 bits per heavy atom. The van der Waals surface area contributed by atoms with E-state index < -0.39 is 29.5 Å². The van der Waals surface area contributed by atoms with E-state index in [9.17, 15) is 27.2 Å². The molecule has 2 aromatic heterocycles. The average molecular weight is 422 g/mol. The molecule has 2 bridgehead atoms. The van der Waals surface area contributed by atoms with Gasteiger partial charge in [-0.2, -0.15) is 18.9 Å². The summed E-state index contributed by atoms with van der Waals surface area (Å²) < 4.78 is 54.0. The Kier molecular flexibility index (Phi) is 4.05. The number of carbonyl (C=O) groups is 1. The zero-order valence-electron chi connectivity index (χ0n) is 15.2. The Labute approximate surface area is 165 Å². The number of aromatic nitrogens is 4. The summed E-state index contributed by atoms with van der Waals surface area (Å²) in [5.74, 6) is -2.66.